The van der Waals surface area contributed by atoms with Gasteiger partial charge in [0.1, 0.15) is 5.60 Å². The topological polar surface area (TPSA) is 49.9 Å². The summed E-state index contributed by atoms with van der Waals surface area (Å²) in [6.45, 7) is 10.1. The van der Waals surface area contributed by atoms with Gasteiger partial charge in [-0.2, -0.15) is 0 Å². The molecule has 1 aromatic heterocycles. The Labute approximate surface area is 166 Å². The van der Waals surface area contributed by atoms with Crippen LogP contribution in [0.3, 0.4) is 0 Å². The number of ether oxygens (including phenoxy) is 1. The highest BCUT2D eigenvalue weighted by Crippen LogP contribution is 2.50. The quantitative estimate of drug-likeness (QED) is 0.769. The van der Waals surface area contributed by atoms with Crippen LogP contribution in [-0.2, 0) is 9.53 Å². The Bertz CT molecular complexity index is 686. The van der Waals surface area contributed by atoms with E-state index in [4.69, 9.17) is 4.74 Å². The highest BCUT2D eigenvalue weighted by Gasteiger charge is 2.46. The summed E-state index contributed by atoms with van der Waals surface area (Å²) in [6, 6.07) is 4.32. The van der Waals surface area contributed by atoms with E-state index in [1.54, 1.807) is 11.9 Å². The Morgan fingerprint density at radius 3 is 2.48 bits per heavy atom. The van der Waals surface area contributed by atoms with Gasteiger partial charge in [0.05, 0.1) is 0 Å². The van der Waals surface area contributed by atoms with Gasteiger partial charge in [0.2, 0.25) is 5.91 Å². The van der Waals surface area contributed by atoms with E-state index in [1.807, 2.05) is 37.0 Å². The number of nitrogens with zero attached hydrogens (tertiary/aromatic N) is 2. The lowest BCUT2D eigenvalue weighted by molar-refractivity contribution is -0.134. The van der Waals surface area contributed by atoms with Crippen LogP contribution >= 0.6 is 11.3 Å². The van der Waals surface area contributed by atoms with E-state index in [-0.39, 0.29) is 12.0 Å². The third-order valence-corrected chi connectivity index (χ3v) is 6.53. The number of likely N-dealkylation sites (tertiary alicyclic amines) is 1. The summed E-state index contributed by atoms with van der Waals surface area (Å²) in [5, 5.41) is 0. The van der Waals surface area contributed by atoms with Crippen LogP contribution in [0.15, 0.2) is 12.1 Å². The molecule has 0 spiro atoms. The van der Waals surface area contributed by atoms with Gasteiger partial charge >= 0.3 is 6.09 Å². The highest BCUT2D eigenvalue weighted by molar-refractivity contribution is 7.12. The summed E-state index contributed by atoms with van der Waals surface area (Å²) in [5.41, 5.74) is -0.469. The number of hydrogen-bond acceptors (Lipinski definition) is 4. The number of aryl methyl sites for hydroxylation is 1. The second kappa shape index (κ2) is 7.82. The van der Waals surface area contributed by atoms with Crippen molar-refractivity contribution in [3.05, 3.63) is 21.9 Å². The summed E-state index contributed by atoms with van der Waals surface area (Å²) < 4.78 is 5.42. The number of rotatable bonds is 4. The van der Waals surface area contributed by atoms with Crippen molar-refractivity contribution in [2.75, 3.05) is 26.7 Å². The summed E-state index contributed by atoms with van der Waals surface area (Å²) >= 11 is 1.82. The summed E-state index contributed by atoms with van der Waals surface area (Å²) in [7, 11) is 1.80. The molecule has 2 amide bonds. The molecule has 2 fully saturated rings. The maximum absolute atomic E-state index is 12.8. The Balaban J connectivity index is 1.42. The molecule has 6 heteroatoms. The van der Waals surface area contributed by atoms with Gasteiger partial charge in [-0.1, -0.05) is 0 Å². The fraction of sp³-hybridized carbons (Fsp3) is 0.714. The molecule has 2 aliphatic rings. The molecule has 1 saturated carbocycles. The standard InChI is InChI=1S/C21H32N2O3S/c1-14-6-7-18(27-14)16-12-17(16)19(24)23-10-8-15(9-11-23)13-22(5)20(25)26-21(2,3)4/h6-7,15-17H,8-13H2,1-5H3. The van der Waals surface area contributed by atoms with Crippen molar-refractivity contribution in [2.24, 2.45) is 11.8 Å². The van der Waals surface area contributed by atoms with Crippen molar-refractivity contribution in [2.45, 2.75) is 58.5 Å². The lowest BCUT2D eigenvalue weighted by atomic mass is 9.96. The zero-order valence-electron chi connectivity index (χ0n) is 17.2. The first-order valence-electron chi connectivity index (χ1n) is 9.93. The Morgan fingerprint density at radius 2 is 1.93 bits per heavy atom. The Kier molecular flexibility index (Phi) is 5.84. The normalized spacial score (nSPS) is 23.2. The largest absolute Gasteiger partial charge is 0.444 e. The van der Waals surface area contributed by atoms with Gasteiger partial charge in [-0.3, -0.25) is 4.79 Å². The molecule has 2 heterocycles. The van der Waals surface area contributed by atoms with E-state index in [0.29, 0.717) is 24.3 Å². The van der Waals surface area contributed by atoms with Gasteiger partial charge < -0.3 is 14.5 Å². The van der Waals surface area contributed by atoms with Crippen molar-refractivity contribution < 1.29 is 14.3 Å². The Morgan fingerprint density at radius 1 is 1.26 bits per heavy atom. The van der Waals surface area contributed by atoms with E-state index < -0.39 is 5.60 Å². The van der Waals surface area contributed by atoms with Gasteiger partial charge in [0.15, 0.2) is 0 Å². The lowest BCUT2D eigenvalue weighted by Crippen LogP contribution is -2.43. The van der Waals surface area contributed by atoms with E-state index >= 15 is 0 Å². The zero-order valence-corrected chi connectivity index (χ0v) is 18.0. The molecule has 1 aliphatic heterocycles. The zero-order chi connectivity index (χ0) is 19.8. The maximum atomic E-state index is 12.8. The van der Waals surface area contributed by atoms with E-state index in [9.17, 15) is 9.59 Å². The van der Waals surface area contributed by atoms with Crippen molar-refractivity contribution >= 4 is 23.3 Å². The third kappa shape index (κ3) is 5.24. The number of carbonyl (C=O) groups is 2. The number of amides is 2. The Hall–Kier alpha value is -1.56. The average molecular weight is 393 g/mol. The van der Waals surface area contributed by atoms with Crippen LogP contribution in [0.1, 0.15) is 55.7 Å². The number of piperidine rings is 1. The fourth-order valence-electron chi connectivity index (χ4n) is 3.81. The first-order chi connectivity index (χ1) is 12.6. The second-order valence-electron chi connectivity index (χ2n) is 9.03. The van der Waals surface area contributed by atoms with Crippen LogP contribution in [0.4, 0.5) is 4.79 Å². The molecular formula is C21H32N2O3S. The molecule has 5 nitrogen and oxygen atoms in total. The van der Waals surface area contributed by atoms with Gasteiger partial charge in [0.25, 0.3) is 0 Å². The molecule has 0 N–H and O–H groups in total. The van der Waals surface area contributed by atoms with Crippen LogP contribution in [0, 0.1) is 18.8 Å². The molecule has 150 valence electrons. The van der Waals surface area contributed by atoms with E-state index in [1.165, 1.54) is 9.75 Å². The van der Waals surface area contributed by atoms with Crippen LogP contribution in [0.2, 0.25) is 0 Å². The minimum atomic E-state index is -0.469. The second-order valence-corrected chi connectivity index (χ2v) is 10.3. The average Bonchev–Trinajstić information content (AvgIpc) is 3.27. The van der Waals surface area contributed by atoms with E-state index in [0.717, 1.165) is 32.4 Å². The molecule has 0 bridgehead atoms. The van der Waals surface area contributed by atoms with Crippen LogP contribution < -0.4 is 0 Å². The van der Waals surface area contributed by atoms with Gasteiger partial charge in [0, 0.05) is 48.3 Å². The van der Waals surface area contributed by atoms with Gasteiger partial charge in [-0.25, -0.2) is 4.79 Å². The summed E-state index contributed by atoms with van der Waals surface area (Å²) in [5.74, 6) is 1.38. The van der Waals surface area contributed by atoms with Gasteiger partial charge in [-0.05, 0) is 65.0 Å². The summed E-state index contributed by atoms with van der Waals surface area (Å²) in [6.07, 6.45) is 2.64. The SMILES string of the molecule is Cc1ccc(C2CC2C(=O)N2CCC(CN(C)C(=O)OC(C)(C)C)CC2)s1. The molecule has 1 aliphatic carbocycles. The molecule has 3 rings (SSSR count). The molecule has 0 aromatic carbocycles. The number of thiophene rings is 1. The first-order valence-corrected chi connectivity index (χ1v) is 10.7. The van der Waals surface area contributed by atoms with Crippen LogP contribution in [-0.4, -0.2) is 54.1 Å². The minimum Gasteiger partial charge on any atom is -0.444 e. The molecular weight excluding hydrogens is 360 g/mol. The fourth-order valence-corrected chi connectivity index (χ4v) is 4.86. The predicted molar refractivity (Wildman–Crippen MR) is 108 cm³/mol. The van der Waals surface area contributed by atoms with E-state index in [2.05, 4.69) is 19.1 Å². The van der Waals surface area contributed by atoms with Crippen LogP contribution in [0.5, 0.6) is 0 Å². The first kappa shape index (κ1) is 20.2. The smallest absolute Gasteiger partial charge is 0.410 e. The molecule has 1 saturated heterocycles. The number of carbonyl (C=O) groups excluding carboxylic acids is 2. The van der Waals surface area contributed by atoms with Crippen molar-refractivity contribution in [1.82, 2.24) is 9.80 Å². The van der Waals surface area contributed by atoms with Crippen molar-refractivity contribution in [1.29, 1.82) is 0 Å². The monoisotopic (exact) mass is 392 g/mol. The maximum Gasteiger partial charge on any atom is 0.410 e. The predicted octanol–water partition coefficient (Wildman–Crippen LogP) is 4.27. The molecule has 27 heavy (non-hydrogen) atoms. The van der Waals surface area contributed by atoms with Crippen LogP contribution in [0.25, 0.3) is 0 Å². The molecule has 2 unspecified atom stereocenters. The van der Waals surface area contributed by atoms with Crippen molar-refractivity contribution in [3.63, 3.8) is 0 Å². The minimum absolute atomic E-state index is 0.184. The molecule has 1 aromatic rings. The highest BCUT2D eigenvalue weighted by atomic mass is 32.1. The van der Waals surface area contributed by atoms with Crippen molar-refractivity contribution in [3.8, 4) is 0 Å². The molecule has 2 atom stereocenters. The van der Waals surface area contributed by atoms with Gasteiger partial charge in [-0.15, -0.1) is 11.3 Å². The third-order valence-electron chi connectivity index (χ3n) is 5.40. The summed E-state index contributed by atoms with van der Waals surface area (Å²) in [4.78, 5) is 31.3. The number of hydrogen-bond donors (Lipinski definition) is 0. The molecule has 0 radical (unpaired) electrons. The lowest BCUT2D eigenvalue weighted by Gasteiger charge is -2.34.